The molecular formula is C26H24F3NO3. The third-order valence-corrected chi connectivity index (χ3v) is 5.10. The topological polar surface area (TPSA) is 66.4 Å². The van der Waals surface area contributed by atoms with Crippen molar-refractivity contribution in [1.82, 2.24) is 0 Å². The zero-order valence-electron chi connectivity index (χ0n) is 18.2. The lowest BCUT2D eigenvalue weighted by Crippen LogP contribution is -2.15. The highest BCUT2D eigenvalue weighted by Crippen LogP contribution is 2.32. The quantitative estimate of drug-likeness (QED) is 0.430. The molecule has 33 heavy (non-hydrogen) atoms. The van der Waals surface area contributed by atoms with Gasteiger partial charge < -0.3 is 10.4 Å². The third kappa shape index (κ3) is 6.22. The molecule has 0 unspecified atom stereocenters. The van der Waals surface area contributed by atoms with Gasteiger partial charge in [0, 0.05) is 11.3 Å². The molecule has 0 bridgehead atoms. The summed E-state index contributed by atoms with van der Waals surface area (Å²) in [6.07, 6.45) is -3.91. The highest BCUT2D eigenvalue weighted by molar-refractivity contribution is 6.09. The predicted octanol–water partition coefficient (Wildman–Crippen LogP) is 6.45. The maximum atomic E-state index is 13.1. The van der Waals surface area contributed by atoms with E-state index in [9.17, 15) is 22.8 Å². The number of halogens is 3. The minimum absolute atomic E-state index is 0.115. The van der Waals surface area contributed by atoms with Crippen molar-refractivity contribution in [2.24, 2.45) is 5.92 Å². The Labute approximate surface area is 190 Å². The first-order chi connectivity index (χ1) is 15.5. The Balaban J connectivity index is 1.92. The van der Waals surface area contributed by atoms with Crippen molar-refractivity contribution in [3.8, 4) is 11.1 Å². The van der Waals surface area contributed by atoms with Gasteiger partial charge in [-0.2, -0.15) is 13.2 Å². The number of rotatable bonds is 7. The van der Waals surface area contributed by atoms with E-state index in [1.165, 1.54) is 12.1 Å². The first kappa shape index (κ1) is 24.0. The molecule has 0 heterocycles. The molecule has 4 nitrogen and oxygen atoms in total. The monoisotopic (exact) mass is 455 g/mol. The first-order valence-corrected chi connectivity index (χ1v) is 10.5. The van der Waals surface area contributed by atoms with Crippen LogP contribution in [0.1, 0.15) is 40.9 Å². The number of nitrogens with one attached hydrogen (secondary N) is 1. The minimum atomic E-state index is -4.44. The number of carbonyl (C=O) groups is 2. The number of hydrogen-bond donors (Lipinski definition) is 2. The fraction of sp³-hybridized carbons (Fsp3) is 0.231. The number of carbonyl (C=O) groups excluding carboxylic acids is 1. The zero-order valence-corrected chi connectivity index (χ0v) is 18.2. The Morgan fingerprint density at radius 1 is 0.970 bits per heavy atom. The molecule has 7 heteroatoms. The maximum Gasteiger partial charge on any atom is 0.416 e. The van der Waals surface area contributed by atoms with E-state index in [1.54, 1.807) is 42.5 Å². The number of amides is 1. The van der Waals surface area contributed by atoms with E-state index in [-0.39, 0.29) is 12.3 Å². The van der Waals surface area contributed by atoms with Crippen molar-refractivity contribution in [3.63, 3.8) is 0 Å². The number of hydrogen-bond acceptors (Lipinski definition) is 2. The van der Waals surface area contributed by atoms with E-state index in [2.05, 4.69) is 5.32 Å². The van der Waals surface area contributed by atoms with Crippen molar-refractivity contribution in [3.05, 3.63) is 89.0 Å². The standard InChI is InChI=1S/C26H24F3NO3/c1-16(2)13-19-14-17(15-24(31)32)7-12-23(19)30-25(33)22-6-4-3-5-21(22)18-8-10-20(11-9-18)26(27,28)29/h3-12,14,16H,13,15H2,1-2H3,(H,30,33)(H,31,32). The SMILES string of the molecule is CC(C)Cc1cc(CC(=O)O)ccc1NC(=O)c1ccccc1-c1ccc(C(F)(F)F)cc1. The smallest absolute Gasteiger partial charge is 0.416 e. The molecule has 2 N–H and O–H groups in total. The summed E-state index contributed by atoms with van der Waals surface area (Å²) >= 11 is 0. The van der Waals surface area contributed by atoms with Crippen LogP contribution < -0.4 is 5.32 Å². The number of aliphatic carboxylic acids is 1. The highest BCUT2D eigenvalue weighted by atomic mass is 19.4. The van der Waals surface area contributed by atoms with E-state index >= 15 is 0 Å². The van der Waals surface area contributed by atoms with Gasteiger partial charge in [0.1, 0.15) is 0 Å². The molecule has 0 aliphatic rings. The van der Waals surface area contributed by atoms with Crippen molar-refractivity contribution in [2.45, 2.75) is 32.9 Å². The van der Waals surface area contributed by atoms with Crippen LogP contribution in [0.25, 0.3) is 11.1 Å². The number of alkyl halides is 3. The van der Waals surface area contributed by atoms with Gasteiger partial charge >= 0.3 is 12.1 Å². The molecule has 0 radical (unpaired) electrons. The van der Waals surface area contributed by atoms with Gasteiger partial charge in [0.15, 0.2) is 0 Å². The van der Waals surface area contributed by atoms with Gasteiger partial charge in [-0.15, -0.1) is 0 Å². The summed E-state index contributed by atoms with van der Waals surface area (Å²) in [6.45, 7) is 4.05. The van der Waals surface area contributed by atoms with Crippen LogP contribution in [0.15, 0.2) is 66.7 Å². The Bertz CT molecular complexity index is 1150. The molecule has 0 aliphatic heterocycles. The summed E-state index contributed by atoms with van der Waals surface area (Å²) in [5, 5.41) is 12.0. The molecule has 0 spiro atoms. The number of anilines is 1. The molecule has 0 aromatic heterocycles. The molecular weight excluding hydrogens is 431 g/mol. The Hall–Kier alpha value is -3.61. The first-order valence-electron chi connectivity index (χ1n) is 10.5. The van der Waals surface area contributed by atoms with E-state index in [0.717, 1.165) is 17.7 Å². The molecule has 172 valence electrons. The fourth-order valence-corrected chi connectivity index (χ4v) is 3.62. The van der Waals surface area contributed by atoms with Crippen molar-refractivity contribution >= 4 is 17.6 Å². The highest BCUT2D eigenvalue weighted by Gasteiger charge is 2.30. The summed E-state index contributed by atoms with van der Waals surface area (Å²) in [6, 6.07) is 16.5. The third-order valence-electron chi connectivity index (χ3n) is 5.10. The van der Waals surface area contributed by atoms with Crippen LogP contribution in [-0.2, 0) is 23.8 Å². The molecule has 0 saturated heterocycles. The van der Waals surface area contributed by atoms with Crippen molar-refractivity contribution in [2.75, 3.05) is 5.32 Å². The van der Waals surface area contributed by atoms with Crippen molar-refractivity contribution in [1.29, 1.82) is 0 Å². The minimum Gasteiger partial charge on any atom is -0.481 e. The van der Waals surface area contributed by atoms with Gasteiger partial charge in [0.25, 0.3) is 5.91 Å². The summed E-state index contributed by atoms with van der Waals surface area (Å²) in [5.74, 6) is -1.06. The molecule has 3 aromatic rings. The second kappa shape index (κ2) is 9.90. The van der Waals surface area contributed by atoms with Gasteiger partial charge in [-0.25, -0.2) is 0 Å². The van der Waals surface area contributed by atoms with Crippen LogP contribution in [0.4, 0.5) is 18.9 Å². The van der Waals surface area contributed by atoms with Crippen LogP contribution in [0.2, 0.25) is 0 Å². The van der Waals surface area contributed by atoms with Gasteiger partial charge in [-0.3, -0.25) is 9.59 Å². The van der Waals surface area contributed by atoms with Crippen LogP contribution in [0, 0.1) is 5.92 Å². The Morgan fingerprint density at radius 2 is 1.64 bits per heavy atom. The van der Waals surface area contributed by atoms with Gasteiger partial charge in [-0.1, -0.05) is 56.3 Å². The average molecular weight is 455 g/mol. The second-order valence-electron chi connectivity index (χ2n) is 8.23. The Kier molecular flexibility index (Phi) is 7.21. The fourth-order valence-electron chi connectivity index (χ4n) is 3.62. The molecule has 3 aromatic carbocycles. The number of carboxylic acids is 1. The van der Waals surface area contributed by atoms with E-state index < -0.39 is 23.6 Å². The summed E-state index contributed by atoms with van der Waals surface area (Å²) in [5.41, 5.74) is 2.61. The van der Waals surface area contributed by atoms with Crippen molar-refractivity contribution < 1.29 is 27.9 Å². The Morgan fingerprint density at radius 3 is 2.24 bits per heavy atom. The summed E-state index contributed by atoms with van der Waals surface area (Å²) in [4.78, 5) is 24.2. The summed E-state index contributed by atoms with van der Waals surface area (Å²) in [7, 11) is 0. The van der Waals surface area contributed by atoms with Gasteiger partial charge in [0.2, 0.25) is 0 Å². The zero-order chi connectivity index (χ0) is 24.2. The molecule has 1 amide bonds. The van der Waals surface area contributed by atoms with Crippen LogP contribution in [0.3, 0.4) is 0 Å². The van der Waals surface area contributed by atoms with Gasteiger partial charge in [0.05, 0.1) is 12.0 Å². The van der Waals surface area contributed by atoms with E-state index in [0.29, 0.717) is 34.4 Å². The van der Waals surface area contributed by atoms with E-state index in [4.69, 9.17) is 5.11 Å². The molecule has 0 atom stereocenters. The van der Waals surface area contributed by atoms with Crippen LogP contribution >= 0.6 is 0 Å². The summed E-state index contributed by atoms with van der Waals surface area (Å²) < 4.78 is 38.7. The van der Waals surface area contributed by atoms with E-state index in [1.807, 2.05) is 13.8 Å². The van der Waals surface area contributed by atoms with Gasteiger partial charge in [-0.05, 0) is 58.9 Å². The number of carboxylic acid groups (broad SMARTS) is 1. The maximum absolute atomic E-state index is 13.1. The van der Waals surface area contributed by atoms with Crippen LogP contribution in [0.5, 0.6) is 0 Å². The van der Waals surface area contributed by atoms with Crippen LogP contribution in [-0.4, -0.2) is 17.0 Å². The molecule has 3 rings (SSSR count). The molecule has 0 aliphatic carbocycles. The predicted molar refractivity (Wildman–Crippen MR) is 121 cm³/mol. The lowest BCUT2D eigenvalue weighted by atomic mass is 9.96. The normalized spacial score (nSPS) is 11.5. The molecule has 0 saturated carbocycles. The largest absolute Gasteiger partial charge is 0.481 e. The average Bonchev–Trinajstić information content (AvgIpc) is 2.74. The lowest BCUT2D eigenvalue weighted by Gasteiger charge is -2.16. The second-order valence-corrected chi connectivity index (χ2v) is 8.23. The molecule has 0 fully saturated rings. The number of benzene rings is 3. The lowest BCUT2D eigenvalue weighted by molar-refractivity contribution is -0.138.